The molecule has 0 saturated carbocycles. The smallest absolute Gasteiger partial charge is 0.254 e. The van der Waals surface area contributed by atoms with Crippen molar-refractivity contribution in [1.82, 2.24) is 4.90 Å². The first-order valence-corrected chi connectivity index (χ1v) is 6.52. The maximum Gasteiger partial charge on any atom is 0.254 e. The van der Waals surface area contributed by atoms with E-state index in [2.05, 4.69) is 0 Å². The Morgan fingerprint density at radius 1 is 1.40 bits per heavy atom. The van der Waals surface area contributed by atoms with Crippen molar-refractivity contribution < 1.29 is 19.0 Å². The van der Waals surface area contributed by atoms with E-state index in [9.17, 15) is 4.79 Å². The lowest BCUT2D eigenvalue weighted by Crippen LogP contribution is -2.52. The minimum Gasteiger partial charge on any atom is -0.493 e. The summed E-state index contributed by atoms with van der Waals surface area (Å²) in [6.07, 6.45) is 0. The van der Waals surface area contributed by atoms with Gasteiger partial charge in [-0.05, 0) is 18.2 Å². The molecule has 6 heteroatoms. The number of amides is 1. The summed E-state index contributed by atoms with van der Waals surface area (Å²) >= 11 is 0. The first-order chi connectivity index (χ1) is 9.71. The molecule has 0 bridgehead atoms. The van der Waals surface area contributed by atoms with E-state index in [1.54, 1.807) is 37.3 Å². The molecule has 1 atom stereocenters. The van der Waals surface area contributed by atoms with E-state index in [-0.39, 0.29) is 11.9 Å². The predicted molar refractivity (Wildman–Crippen MR) is 74.2 cm³/mol. The van der Waals surface area contributed by atoms with Gasteiger partial charge in [-0.3, -0.25) is 4.79 Å². The summed E-state index contributed by atoms with van der Waals surface area (Å²) < 4.78 is 15.7. The van der Waals surface area contributed by atoms with Crippen LogP contribution in [0.3, 0.4) is 0 Å². The van der Waals surface area contributed by atoms with Crippen LogP contribution >= 0.6 is 0 Å². The van der Waals surface area contributed by atoms with Crippen LogP contribution in [0.5, 0.6) is 11.5 Å². The molecule has 110 valence electrons. The van der Waals surface area contributed by atoms with E-state index >= 15 is 0 Å². The average Bonchev–Trinajstić information content (AvgIpc) is 2.53. The van der Waals surface area contributed by atoms with Crippen LogP contribution in [0.2, 0.25) is 0 Å². The molecular formula is C14H20N2O4. The van der Waals surface area contributed by atoms with Crippen molar-refractivity contribution in [2.75, 3.05) is 40.5 Å². The van der Waals surface area contributed by atoms with Crippen LogP contribution in [0.15, 0.2) is 18.2 Å². The molecule has 0 aliphatic carbocycles. The SMILES string of the molecule is COc1ccc(C(=O)N2CCOCC2CN)cc1OC. The van der Waals surface area contributed by atoms with Crippen LogP contribution in [0.1, 0.15) is 10.4 Å². The largest absolute Gasteiger partial charge is 0.493 e. The van der Waals surface area contributed by atoms with E-state index in [0.29, 0.717) is 43.4 Å². The minimum absolute atomic E-state index is 0.0651. The minimum atomic E-state index is -0.0793. The highest BCUT2D eigenvalue weighted by molar-refractivity contribution is 5.95. The van der Waals surface area contributed by atoms with Gasteiger partial charge in [0.15, 0.2) is 11.5 Å². The van der Waals surface area contributed by atoms with Crippen LogP contribution in [0.4, 0.5) is 0 Å². The lowest BCUT2D eigenvalue weighted by atomic mass is 10.1. The fourth-order valence-electron chi connectivity index (χ4n) is 2.25. The highest BCUT2D eigenvalue weighted by Crippen LogP contribution is 2.28. The van der Waals surface area contributed by atoms with Gasteiger partial charge in [0, 0.05) is 18.7 Å². The van der Waals surface area contributed by atoms with Crippen molar-refractivity contribution in [3.63, 3.8) is 0 Å². The van der Waals surface area contributed by atoms with Crippen LogP contribution in [0.25, 0.3) is 0 Å². The second-order valence-electron chi connectivity index (χ2n) is 4.53. The van der Waals surface area contributed by atoms with Crippen molar-refractivity contribution in [3.05, 3.63) is 23.8 Å². The van der Waals surface area contributed by atoms with Gasteiger partial charge in [0.25, 0.3) is 5.91 Å². The topological polar surface area (TPSA) is 74.0 Å². The average molecular weight is 280 g/mol. The number of nitrogens with two attached hydrogens (primary N) is 1. The summed E-state index contributed by atoms with van der Waals surface area (Å²) in [7, 11) is 3.11. The van der Waals surface area contributed by atoms with Gasteiger partial charge < -0.3 is 24.8 Å². The molecule has 1 aromatic rings. The number of carbonyl (C=O) groups is 1. The molecule has 20 heavy (non-hydrogen) atoms. The second kappa shape index (κ2) is 6.58. The third-order valence-electron chi connectivity index (χ3n) is 3.39. The van der Waals surface area contributed by atoms with Crippen molar-refractivity contribution in [2.45, 2.75) is 6.04 Å². The van der Waals surface area contributed by atoms with E-state index in [4.69, 9.17) is 19.9 Å². The van der Waals surface area contributed by atoms with E-state index < -0.39 is 0 Å². The first kappa shape index (κ1) is 14.6. The number of methoxy groups -OCH3 is 2. The van der Waals surface area contributed by atoms with Crippen molar-refractivity contribution >= 4 is 5.91 Å². The van der Waals surface area contributed by atoms with Crippen LogP contribution in [-0.4, -0.2) is 57.4 Å². The number of benzene rings is 1. The lowest BCUT2D eigenvalue weighted by molar-refractivity contribution is 0.000823. The number of morpholine rings is 1. The fraction of sp³-hybridized carbons (Fsp3) is 0.500. The maximum absolute atomic E-state index is 12.6. The van der Waals surface area contributed by atoms with Crippen molar-refractivity contribution in [2.24, 2.45) is 5.73 Å². The van der Waals surface area contributed by atoms with Crippen molar-refractivity contribution in [3.8, 4) is 11.5 Å². The molecule has 6 nitrogen and oxygen atoms in total. The van der Waals surface area contributed by atoms with E-state index in [1.807, 2.05) is 0 Å². The predicted octanol–water partition coefficient (Wildman–Crippen LogP) is 0.504. The molecule has 1 unspecified atom stereocenters. The Morgan fingerprint density at radius 2 is 2.15 bits per heavy atom. The van der Waals surface area contributed by atoms with Gasteiger partial charge in [0.2, 0.25) is 0 Å². The summed E-state index contributed by atoms with van der Waals surface area (Å²) in [4.78, 5) is 14.3. The zero-order chi connectivity index (χ0) is 14.5. The lowest BCUT2D eigenvalue weighted by Gasteiger charge is -2.35. The molecule has 1 heterocycles. The summed E-state index contributed by atoms with van der Waals surface area (Å²) in [6, 6.07) is 5.06. The van der Waals surface area contributed by atoms with Gasteiger partial charge in [-0.25, -0.2) is 0 Å². The Balaban J connectivity index is 2.23. The molecule has 1 fully saturated rings. The summed E-state index contributed by atoms with van der Waals surface area (Å²) in [6.45, 7) is 1.96. The fourth-order valence-corrected chi connectivity index (χ4v) is 2.25. The zero-order valence-electron chi connectivity index (χ0n) is 11.8. The van der Waals surface area contributed by atoms with Gasteiger partial charge >= 0.3 is 0 Å². The first-order valence-electron chi connectivity index (χ1n) is 6.52. The quantitative estimate of drug-likeness (QED) is 0.869. The Hall–Kier alpha value is -1.79. The second-order valence-corrected chi connectivity index (χ2v) is 4.53. The molecule has 0 radical (unpaired) electrons. The number of hydrogen-bond donors (Lipinski definition) is 1. The zero-order valence-corrected chi connectivity index (χ0v) is 11.8. The molecule has 1 saturated heterocycles. The van der Waals surface area contributed by atoms with Crippen molar-refractivity contribution in [1.29, 1.82) is 0 Å². The standard InChI is InChI=1S/C14H20N2O4/c1-18-12-4-3-10(7-13(12)19-2)14(17)16-5-6-20-9-11(16)8-15/h3-4,7,11H,5-6,8-9,15H2,1-2H3. The summed E-state index contributed by atoms with van der Waals surface area (Å²) in [5, 5.41) is 0. The molecular weight excluding hydrogens is 260 g/mol. The monoisotopic (exact) mass is 280 g/mol. The third kappa shape index (κ3) is 2.86. The Labute approximate surface area is 118 Å². The third-order valence-corrected chi connectivity index (χ3v) is 3.39. The number of ether oxygens (including phenoxy) is 3. The molecule has 2 rings (SSSR count). The van der Waals surface area contributed by atoms with E-state index in [1.165, 1.54) is 0 Å². The summed E-state index contributed by atoms with van der Waals surface area (Å²) in [5.41, 5.74) is 6.25. The highest BCUT2D eigenvalue weighted by Gasteiger charge is 2.27. The molecule has 1 aliphatic heterocycles. The van der Waals surface area contributed by atoms with Gasteiger partial charge in [-0.2, -0.15) is 0 Å². The maximum atomic E-state index is 12.6. The molecule has 0 spiro atoms. The Kier molecular flexibility index (Phi) is 4.81. The van der Waals surface area contributed by atoms with Gasteiger partial charge in [-0.1, -0.05) is 0 Å². The Morgan fingerprint density at radius 3 is 2.80 bits per heavy atom. The van der Waals surface area contributed by atoms with Crippen LogP contribution < -0.4 is 15.2 Å². The van der Waals surface area contributed by atoms with Gasteiger partial charge in [0.05, 0.1) is 33.5 Å². The molecule has 2 N–H and O–H groups in total. The van der Waals surface area contributed by atoms with Crippen LogP contribution in [0, 0.1) is 0 Å². The highest BCUT2D eigenvalue weighted by atomic mass is 16.5. The number of nitrogens with zero attached hydrogens (tertiary/aromatic N) is 1. The number of rotatable bonds is 4. The number of hydrogen-bond acceptors (Lipinski definition) is 5. The molecule has 1 amide bonds. The Bertz CT molecular complexity index is 478. The van der Waals surface area contributed by atoms with Gasteiger partial charge in [0.1, 0.15) is 0 Å². The normalized spacial score (nSPS) is 18.8. The molecule has 1 aromatic carbocycles. The van der Waals surface area contributed by atoms with Gasteiger partial charge in [-0.15, -0.1) is 0 Å². The summed E-state index contributed by atoms with van der Waals surface area (Å²) in [5.74, 6) is 1.07. The van der Waals surface area contributed by atoms with Crippen LogP contribution in [-0.2, 0) is 4.74 Å². The molecule has 1 aliphatic rings. The number of carbonyl (C=O) groups excluding carboxylic acids is 1. The molecule has 0 aromatic heterocycles. The van der Waals surface area contributed by atoms with E-state index in [0.717, 1.165) is 0 Å².